The zero-order valence-electron chi connectivity index (χ0n) is 13.4. The van der Waals surface area contributed by atoms with Crippen molar-refractivity contribution in [1.82, 2.24) is 4.90 Å². The van der Waals surface area contributed by atoms with Gasteiger partial charge in [0.05, 0.1) is 0 Å². The van der Waals surface area contributed by atoms with Crippen molar-refractivity contribution in [3.8, 4) is 0 Å². The van der Waals surface area contributed by atoms with Crippen LogP contribution in [0.3, 0.4) is 0 Å². The molecular weight excluding hydrogens is 264 g/mol. The molecule has 0 radical (unpaired) electrons. The second kappa shape index (κ2) is 6.06. The van der Waals surface area contributed by atoms with E-state index in [9.17, 15) is 4.79 Å². The number of nitrogens with two attached hydrogens (primary N) is 1. The molecule has 0 unspecified atom stereocenters. The van der Waals surface area contributed by atoms with Crippen LogP contribution < -0.4 is 5.73 Å². The Morgan fingerprint density at radius 1 is 1.29 bits per heavy atom. The van der Waals surface area contributed by atoms with Crippen LogP contribution in [-0.2, 0) is 4.74 Å². The van der Waals surface area contributed by atoms with Gasteiger partial charge in [0.25, 0.3) is 0 Å². The Morgan fingerprint density at radius 3 is 2.43 bits per heavy atom. The fourth-order valence-corrected chi connectivity index (χ4v) is 2.70. The number of hydrogen-bond donors (Lipinski definition) is 1. The van der Waals surface area contributed by atoms with E-state index < -0.39 is 5.60 Å². The van der Waals surface area contributed by atoms with Gasteiger partial charge >= 0.3 is 6.09 Å². The number of ether oxygens (including phenoxy) is 1. The zero-order chi connectivity index (χ0) is 15.6. The fraction of sp³-hybridized carbons (Fsp3) is 0.588. The van der Waals surface area contributed by atoms with E-state index in [0.717, 1.165) is 6.42 Å². The smallest absolute Gasteiger partial charge is 0.410 e. The summed E-state index contributed by atoms with van der Waals surface area (Å²) in [5.41, 5.74) is 8.34. The minimum atomic E-state index is -0.463. The van der Waals surface area contributed by atoms with Gasteiger partial charge in [-0.25, -0.2) is 4.79 Å². The lowest BCUT2D eigenvalue weighted by molar-refractivity contribution is 0.0186. The normalized spacial score (nSPS) is 23.0. The molecule has 4 heteroatoms. The van der Waals surface area contributed by atoms with E-state index in [1.165, 1.54) is 11.1 Å². The van der Waals surface area contributed by atoms with Gasteiger partial charge < -0.3 is 15.4 Å². The van der Waals surface area contributed by atoms with E-state index in [2.05, 4.69) is 31.2 Å². The van der Waals surface area contributed by atoms with Crippen molar-refractivity contribution in [2.45, 2.75) is 51.7 Å². The highest BCUT2D eigenvalue weighted by Crippen LogP contribution is 2.28. The Morgan fingerprint density at radius 2 is 1.90 bits per heavy atom. The van der Waals surface area contributed by atoms with Gasteiger partial charge in [0.2, 0.25) is 0 Å². The molecule has 0 aliphatic carbocycles. The summed E-state index contributed by atoms with van der Waals surface area (Å²) >= 11 is 0. The third-order valence-corrected chi connectivity index (χ3v) is 3.82. The van der Waals surface area contributed by atoms with E-state index in [4.69, 9.17) is 10.5 Å². The first-order valence-electron chi connectivity index (χ1n) is 7.56. The molecule has 0 bridgehead atoms. The summed E-state index contributed by atoms with van der Waals surface area (Å²) in [4.78, 5) is 13.8. The number of nitrogens with zero attached hydrogens (tertiary/aromatic N) is 1. The average Bonchev–Trinajstić information content (AvgIpc) is 2.38. The van der Waals surface area contributed by atoms with E-state index >= 15 is 0 Å². The fourth-order valence-electron chi connectivity index (χ4n) is 2.70. The van der Waals surface area contributed by atoms with Gasteiger partial charge in [0, 0.05) is 25.0 Å². The standard InChI is InChI=1S/C17H26N2O2/c1-12-5-7-13(8-6-12)14-9-10-19(11-15(14)18)16(20)21-17(2,3)4/h5-8,14-15H,9-11,18H2,1-4H3/t14-,15+/m1/s1. The molecule has 1 saturated heterocycles. The van der Waals surface area contributed by atoms with Crippen molar-refractivity contribution in [3.63, 3.8) is 0 Å². The van der Waals surface area contributed by atoms with Gasteiger partial charge in [-0.15, -0.1) is 0 Å². The average molecular weight is 290 g/mol. The summed E-state index contributed by atoms with van der Waals surface area (Å²) in [5, 5.41) is 0. The summed E-state index contributed by atoms with van der Waals surface area (Å²) in [7, 11) is 0. The predicted octanol–water partition coefficient (Wildman–Crippen LogP) is 3.05. The van der Waals surface area contributed by atoms with Crippen LogP contribution in [0.2, 0.25) is 0 Å². The molecule has 116 valence electrons. The number of aryl methyl sites for hydroxylation is 1. The number of hydrogen-bond acceptors (Lipinski definition) is 3. The molecule has 1 aliphatic heterocycles. The SMILES string of the molecule is Cc1ccc([C@H]2CCN(C(=O)OC(C)(C)C)C[C@@H]2N)cc1. The Hall–Kier alpha value is -1.55. The van der Waals surface area contributed by atoms with E-state index in [0.29, 0.717) is 19.0 Å². The van der Waals surface area contributed by atoms with E-state index in [1.807, 2.05) is 20.8 Å². The zero-order valence-corrected chi connectivity index (χ0v) is 13.4. The number of likely N-dealkylation sites (tertiary alicyclic amines) is 1. The van der Waals surface area contributed by atoms with Crippen molar-refractivity contribution in [2.75, 3.05) is 13.1 Å². The van der Waals surface area contributed by atoms with Crippen LogP contribution in [0.15, 0.2) is 24.3 Å². The van der Waals surface area contributed by atoms with Crippen LogP contribution in [0.1, 0.15) is 44.2 Å². The molecule has 0 aromatic heterocycles. The van der Waals surface area contributed by atoms with Crippen molar-refractivity contribution < 1.29 is 9.53 Å². The van der Waals surface area contributed by atoms with E-state index in [-0.39, 0.29) is 12.1 Å². The molecule has 4 nitrogen and oxygen atoms in total. The Kier molecular flexibility index (Phi) is 4.57. The third-order valence-electron chi connectivity index (χ3n) is 3.82. The first kappa shape index (κ1) is 15.8. The Bertz CT molecular complexity index is 491. The maximum Gasteiger partial charge on any atom is 0.410 e. The number of carbonyl (C=O) groups excluding carboxylic acids is 1. The lowest BCUT2D eigenvalue weighted by atomic mass is 9.85. The molecule has 1 fully saturated rings. The Balaban J connectivity index is 1.99. The molecule has 1 aromatic carbocycles. The Labute approximate surface area is 127 Å². The highest BCUT2D eigenvalue weighted by Gasteiger charge is 2.32. The number of benzene rings is 1. The summed E-state index contributed by atoms with van der Waals surface area (Å²) in [6.45, 7) is 8.96. The van der Waals surface area contributed by atoms with Gasteiger partial charge in [-0.2, -0.15) is 0 Å². The van der Waals surface area contributed by atoms with E-state index in [1.54, 1.807) is 4.90 Å². The highest BCUT2D eigenvalue weighted by molar-refractivity contribution is 5.68. The molecule has 0 spiro atoms. The van der Waals surface area contributed by atoms with Crippen LogP contribution in [-0.4, -0.2) is 35.7 Å². The largest absolute Gasteiger partial charge is 0.444 e. The van der Waals surface area contributed by atoms with Gasteiger partial charge in [-0.1, -0.05) is 29.8 Å². The van der Waals surface area contributed by atoms with Gasteiger partial charge in [-0.3, -0.25) is 0 Å². The lowest BCUT2D eigenvalue weighted by Gasteiger charge is -2.37. The monoisotopic (exact) mass is 290 g/mol. The first-order chi connectivity index (χ1) is 9.76. The summed E-state index contributed by atoms with van der Waals surface area (Å²) < 4.78 is 5.41. The van der Waals surface area contributed by atoms with Gasteiger partial charge in [-0.05, 0) is 39.7 Å². The second-order valence-electron chi connectivity index (χ2n) is 6.90. The van der Waals surface area contributed by atoms with Crippen LogP contribution in [0.25, 0.3) is 0 Å². The van der Waals surface area contributed by atoms with Crippen molar-refractivity contribution in [3.05, 3.63) is 35.4 Å². The molecule has 21 heavy (non-hydrogen) atoms. The summed E-state index contributed by atoms with van der Waals surface area (Å²) in [6, 6.07) is 8.46. The van der Waals surface area contributed by atoms with Crippen LogP contribution in [0.4, 0.5) is 4.79 Å². The lowest BCUT2D eigenvalue weighted by Crippen LogP contribution is -2.50. The molecule has 2 atom stereocenters. The number of carbonyl (C=O) groups is 1. The molecular formula is C17H26N2O2. The molecule has 1 amide bonds. The van der Waals surface area contributed by atoms with Crippen molar-refractivity contribution in [2.24, 2.45) is 5.73 Å². The minimum Gasteiger partial charge on any atom is -0.444 e. The molecule has 2 N–H and O–H groups in total. The topological polar surface area (TPSA) is 55.6 Å². The molecule has 2 rings (SSSR count). The third kappa shape index (κ3) is 4.21. The number of rotatable bonds is 1. The van der Waals surface area contributed by atoms with Gasteiger partial charge in [0.1, 0.15) is 5.60 Å². The van der Waals surface area contributed by atoms with Gasteiger partial charge in [0.15, 0.2) is 0 Å². The predicted molar refractivity (Wildman–Crippen MR) is 84.3 cm³/mol. The maximum atomic E-state index is 12.1. The quantitative estimate of drug-likeness (QED) is 0.865. The number of piperidine rings is 1. The molecule has 0 saturated carbocycles. The molecule has 1 heterocycles. The summed E-state index contributed by atoms with van der Waals surface area (Å²) in [5.74, 6) is 0.310. The van der Waals surface area contributed by atoms with Crippen molar-refractivity contribution in [1.29, 1.82) is 0 Å². The first-order valence-corrected chi connectivity index (χ1v) is 7.56. The summed E-state index contributed by atoms with van der Waals surface area (Å²) in [6.07, 6.45) is 0.615. The highest BCUT2D eigenvalue weighted by atomic mass is 16.6. The van der Waals surface area contributed by atoms with Crippen LogP contribution >= 0.6 is 0 Å². The molecule has 1 aromatic rings. The minimum absolute atomic E-state index is 0.0472. The van der Waals surface area contributed by atoms with Crippen LogP contribution in [0, 0.1) is 6.92 Å². The molecule has 1 aliphatic rings. The maximum absolute atomic E-state index is 12.1. The van der Waals surface area contributed by atoms with Crippen molar-refractivity contribution >= 4 is 6.09 Å². The number of amides is 1. The second-order valence-corrected chi connectivity index (χ2v) is 6.90. The van der Waals surface area contributed by atoms with Crippen LogP contribution in [0.5, 0.6) is 0 Å².